The number of hydroxylamine groups is 1. The van der Waals surface area contributed by atoms with Crippen LogP contribution in [0.25, 0.3) is 0 Å². The van der Waals surface area contributed by atoms with Gasteiger partial charge in [-0.25, -0.2) is 9.36 Å². The number of carbonyl (C=O) groups excluding carboxylic acids is 1. The van der Waals surface area contributed by atoms with Crippen LogP contribution in [-0.2, 0) is 14.3 Å². The summed E-state index contributed by atoms with van der Waals surface area (Å²) in [6.07, 6.45) is -0.197. The number of nitrogens with one attached hydrogen (secondary N) is 2. The van der Waals surface area contributed by atoms with Gasteiger partial charge in [0, 0.05) is 6.61 Å². The van der Waals surface area contributed by atoms with Crippen LogP contribution in [0.1, 0.15) is 54.5 Å². The number of oxime groups is 1. The van der Waals surface area contributed by atoms with Gasteiger partial charge in [-0.05, 0) is 45.5 Å². The topological polar surface area (TPSA) is 162 Å². The number of carbonyl (C=O) groups is 1. The maximum atomic E-state index is 12.3. The number of ether oxygens (including phenoxy) is 2. The normalized spacial score (nSPS) is 15.4. The SMILES string of the molecule is CCOC(NOC(NC(=O)OC(C)(C)C)C(C)n1ccnc1[N+](=O)[O-])C(=NO)C(C)C. The molecule has 0 aliphatic carbocycles. The van der Waals surface area contributed by atoms with Gasteiger partial charge in [-0.3, -0.25) is 10.2 Å². The molecule has 3 N–H and O–H groups in total. The van der Waals surface area contributed by atoms with Crippen molar-refractivity contribution >= 4 is 17.8 Å². The molecule has 0 aliphatic heterocycles. The fourth-order valence-corrected chi connectivity index (χ4v) is 2.53. The van der Waals surface area contributed by atoms with Crippen molar-refractivity contribution in [2.75, 3.05) is 6.61 Å². The number of rotatable bonds is 11. The minimum Gasteiger partial charge on any atom is -0.444 e. The van der Waals surface area contributed by atoms with E-state index in [9.17, 15) is 20.1 Å². The Labute approximate surface area is 180 Å². The zero-order valence-electron chi connectivity index (χ0n) is 18.9. The first-order valence-electron chi connectivity index (χ1n) is 9.82. The monoisotopic (exact) mass is 444 g/mol. The molecule has 0 spiro atoms. The summed E-state index contributed by atoms with van der Waals surface area (Å²) in [5.74, 6) is -0.602. The quantitative estimate of drug-likeness (QED) is 0.153. The van der Waals surface area contributed by atoms with Crippen molar-refractivity contribution < 1.29 is 29.2 Å². The number of alkyl carbamates (subject to hydrolysis) is 1. The van der Waals surface area contributed by atoms with E-state index in [4.69, 9.17) is 14.3 Å². The van der Waals surface area contributed by atoms with Crippen LogP contribution in [-0.4, -0.2) is 56.2 Å². The number of hydrogen-bond donors (Lipinski definition) is 3. The van der Waals surface area contributed by atoms with Crippen LogP contribution < -0.4 is 10.8 Å². The molecule has 0 aliphatic rings. The molecule has 1 heterocycles. The van der Waals surface area contributed by atoms with Crippen molar-refractivity contribution in [3.8, 4) is 0 Å². The van der Waals surface area contributed by atoms with E-state index < -0.39 is 41.1 Å². The third-order valence-electron chi connectivity index (χ3n) is 3.96. The molecule has 13 heteroatoms. The van der Waals surface area contributed by atoms with Gasteiger partial charge in [0.2, 0.25) is 0 Å². The van der Waals surface area contributed by atoms with Gasteiger partial charge in [0.25, 0.3) is 0 Å². The second-order valence-corrected chi connectivity index (χ2v) is 7.95. The van der Waals surface area contributed by atoms with E-state index in [-0.39, 0.29) is 18.2 Å². The first kappa shape index (κ1) is 26.3. The lowest BCUT2D eigenvalue weighted by Crippen LogP contribution is -2.51. The molecule has 1 amide bonds. The Morgan fingerprint density at radius 2 is 2.03 bits per heavy atom. The fraction of sp³-hybridized carbons (Fsp3) is 0.722. The van der Waals surface area contributed by atoms with Crippen LogP contribution in [0, 0.1) is 16.0 Å². The largest absolute Gasteiger partial charge is 0.444 e. The van der Waals surface area contributed by atoms with Gasteiger partial charge in [-0.15, -0.1) is 0 Å². The smallest absolute Gasteiger partial charge is 0.434 e. The summed E-state index contributed by atoms with van der Waals surface area (Å²) in [5.41, 5.74) is 2.12. The minimum atomic E-state index is -1.14. The van der Waals surface area contributed by atoms with Crippen LogP contribution in [0.5, 0.6) is 0 Å². The van der Waals surface area contributed by atoms with Gasteiger partial charge in [0.1, 0.15) is 29.7 Å². The molecule has 13 nitrogen and oxygen atoms in total. The van der Waals surface area contributed by atoms with Gasteiger partial charge in [0.15, 0.2) is 12.5 Å². The Balaban J connectivity index is 3.12. The average Bonchev–Trinajstić information content (AvgIpc) is 3.13. The molecular formula is C18H32N6O7. The molecule has 1 rings (SSSR count). The van der Waals surface area contributed by atoms with E-state index in [1.807, 2.05) is 0 Å². The van der Waals surface area contributed by atoms with E-state index >= 15 is 0 Å². The summed E-state index contributed by atoms with van der Waals surface area (Å²) in [6, 6.07) is -0.779. The van der Waals surface area contributed by atoms with E-state index in [0.717, 1.165) is 0 Å². The van der Waals surface area contributed by atoms with Crippen molar-refractivity contribution in [3.05, 3.63) is 22.5 Å². The number of aromatic nitrogens is 2. The number of nitro groups is 1. The van der Waals surface area contributed by atoms with Crippen molar-refractivity contribution in [1.29, 1.82) is 0 Å². The summed E-state index contributed by atoms with van der Waals surface area (Å²) in [6.45, 7) is 12.3. The van der Waals surface area contributed by atoms with E-state index in [1.54, 1.807) is 48.5 Å². The van der Waals surface area contributed by atoms with Gasteiger partial charge in [-0.1, -0.05) is 24.0 Å². The molecule has 1 aromatic heterocycles. The highest BCUT2D eigenvalue weighted by Gasteiger charge is 2.32. The molecule has 0 fully saturated rings. The standard InChI is InChI=1S/C18H32N6O7/c1-8-29-15(13(21-26)11(2)3)22-31-14(20-17(25)30-18(5,6)7)12(4)23-10-9-19-16(23)24(27)28/h9-12,14-15,22,26H,8H2,1-7H3,(H,20,25). The van der Waals surface area contributed by atoms with E-state index in [1.165, 1.54) is 17.0 Å². The zero-order chi connectivity index (χ0) is 23.8. The lowest BCUT2D eigenvalue weighted by atomic mass is 10.1. The van der Waals surface area contributed by atoms with Crippen LogP contribution in [0.2, 0.25) is 0 Å². The fourth-order valence-electron chi connectivity index (χ4n) is 2.53. The highest BCUT2D eigenvalue weighted by Crippen LogP contribution is 2.20. The Hall–Kier alpha value is -2.77. The Bertz CT molecular complexity index is 759. The molecule has 3 atom stereocenters. The molecule has 31 heavy (non-hydrogen) atoms. The predicted octanol–water partition coefficient (Wildman–Crippen LogP) is 2.57. The van der Waals surface area contributed by atoms with Crippen LogP contribution >= 0.6 is 0 Å². The molecule has 0 saturated heterocycles. The second kappa shape index (κ2) is 11.6. The molecule has 176 valence electrons. The summed E-state index contributed by atoms with van der Waals surface area (Å²) >= 11 is 0. The minimum absolute atomic E-state index is 0.179. The summed E-state index contributed by atoms with van der Waals surface area (Å²) in [5, 5.41) is 26.4. The number of imidazole rings is 1. The molecule has 0 bridgehead atoms. The predicted molar refractivity (Wildman–Crippen MR) is 110 cm³/mol. The van der Waals surface area contributed by atoms with Gasteiger partial charge >= 0.3 is 12.0 Å². The van der Waals surface area contributed by atoms with Gasteiger partial charge in [-0.2, -0.15) is 5.48 Å². The molecule has 3 unspecified atom stereocenters. The zero-order valence-corrected chi connectivity index (χ0v) is 18.9. The Morgan fingerprint density at radius 3 is 2.52 bits per heavy atom. The molecule has 0 aromatic carbocycles. The van der Waals surface area contributed by atoms with Crippen molar-refractivity contribution in [2.45, 2.75) is 72.6 Å². The highest BCUT2D eigenvalue weighted by molar-refractivity contribution is 5.89. The third kappa shape index (κ3) is 8.11. The lowest BCUT2D eigenvalue weighted by Gasteiger charge is -2.29. The number of hydrogen-bond acceptors (Lipinski definition) is 10. The first-order valence-corrected chi connectivity index (χ1v) is 9.82. The molecule has 1 aromatic rings. The average molecular weight is 444 g/mol. The molecule has 0 radical (unpaired) electrons. The molecular weight excluding hydrogens is 412 g/mol. The first-order chi connectivity index (χ1) is 14.4. The third-order valence-corrected chi connectivity index (χ3v) is 3.96. The Morgan fingerprint density at radius 1 is 1.39 bits per heavy atom. The van der Waals surface area contributed by atoms with Crippen molar-refractivity contribution in [3.63, 3.8) is 0 Å². The van der Waals surface area contributed by atoms with Crippen molar-refractivity contribution in [1.82, 2.24) is 20.3 Å². The summed E-state index contributed by atoms with van der Waals surface area (Å²) < 4.78 is 12.0. The van der Waals surface area contributed by atoms with E-state index in [2.05, 4.69) is 20.9 Å². The maximum Gasteiger partial charge on any atom is 0.434 e. The second-order valence-electron chi connectivity index (χ2n) is 7.95. The molecule has 0 saturated carbocycles. The van der Waals surface area contributed by atoms with Gasteiger partial charge in [0.05, 0.1) is 0 Å². The van der Waals surface area contributed by atoms with E-state index in [0.29, 0.717) is 0 Å². The summed E-state index contributed by atoms with van der Waals surface area (Å²) in [7, 11) is 0. The van der Waals surface area contributed by atoms with Crippen LogP contribution in [0.3, 0.4) is 0 Å². The number of amides is 1. The summed E-state index contributed by atoms with van der Waals surface area (Å²) in [4.78, 5) is 32.3. The lowest BCUT2D eigenvalue weighted by molar-refractivity contribution is -0.397. The maximum absolute atomic E-state index is 12.3. The van der Waals surface area contributed by atoms with Crippen LogP contribution in [0.15, 0.2) is 17.5 Å². The highest BCUT2D eigenvalue weighted by atomic mass is 16.7. The van der Waals surface area contributed by atoms with Crippen molar-refractivity contribution in [2.24, 2.45) is 11.1 Å². The van der Waals surface area contributed by atoms with Gasteiger partial charge < -0.3 is 24.8 Å². The number of nitrogens with zero attached hydrogens (tertiary/aromatic N) is 4. The van der Waals surface area contributed by atoms with Crippen LogP contribution in [0.4, 0.5) is 10.7 Å². The Kier molecular flexibility index (Phi) is 9.81.